The number of halogens is 3. The maximum absolute atomic E-state index is 12.6. The van der Waals surface area contributed by atoms with Gasteiger partial charge in [-0.3, -0.25) is 4.99 Å². The average Bonchev–Trinajstić information content (AvgIpc) is 3.37. The number of thiazole rings is 1. The number of nitrogens with zero attached hydrogens (tertiary/aromatic N) is 3. The van der Waals surface area contributed by atoms with E-state index in [1.54, 1.807) is 13.2 Å². The molecule has 0 spiro atoms. The molecule has 0 saturated heterocycles. The van der Waals surface area contributed by atoms with Crippen LogP contribution in [0.3, 0.4) is 0 Å². The van der Waals surface area contributed by atoms with E-state index in [1.165, 1.54) is 12.8 Å². The molecule has 0 atom stereocenters. The maximum atomic E-state index is 12.6. The Kier molecular flexibility index (Phi) is 6.71. The van der Waals surface area contributed by atoms with E-state index in [4.69, 9.17) is 4.74 Å². The summed E-state index contributed by atoms with van der Waals surface area (Å²) in [5.74, 6) is 1.83. The second-order valence-electron chi connectivity index (χ2n) is 6.48. The molecule has 0 aliphatic heterocycles. The van der Waals surface area contributed by atoms with Crippen molar-refractivity contribution in [1.29, 1.82) is 0 Å². The predicted octanol–water partition coefficient (Wildman–Crippen LogP) is 3.25. The lowest BCUT2D eigenvalue weighted by atomic mass is 10.2. The molecular weight excluding hydrogens is 391 g/mol. The first kappa shape index (κ1) is 20.4. The lowest BCUT2D eigenvalue weighted by Crippen LogP contribution is -2.37. The summed E-state index contributed by atoms with van der Waals surface area (Å²) < 4.78 is 43.4. The molecule has 0 amide bonds. The molecule has 2 heterocycles. The molecule has 152 valence electrons. The summed E-state index contributed by atoms with van der Waals surface area (Å²) in [5.41, 5.74) is 0.158. The monoisotopic (exact) mass is 413 g/mol. The summed E-state index contributed by atoms with van der Waals surface area (Å²) in [6, 6.07) is 3.77. The Morgan fingerprint density at radius 2 is 2.18 bits per heavy atom. The van der Waals surface area contributed by atoms with Crippen molar-refractivity contribution in [3.63, 3.8) is 0 Å². The minimum atomic E-state index is -4.40. The molecule has 1 saturated carbocycles. The minimum Gasteiger partial charge on any atom is -0.477 e. The molecule has 0 bridgehead atoms. The fourth-order valence-corrected chi connectivity index (χ4v) is 3.18. The van der Waals surface area contributed by atoms with Crippen molar-refractivity contribution in [2.75, 3.05) is 20.2 Å². The molecule has 2 N–H and O–H groups in total. The Morgan fingerprint density at radius 1 is 1.36 bits per heavy atom. The lowest BCUT2D eigenvalue weighted by molar-refractivity contribution is -0.140. The minimum absolute atomic E-state index is 0.385. The average molecular weight is 413 g/mol. The first-order valence-corrected chi connectivity index (χ1v) is 9.86. The number of guanidine groups is 1. The molecule has 3 rings (SSSR count). The van der Waals surface area contributed by atoms with E-state index in [2.05, 4.69) is 25.6 Å². The number of hydrogen-bond acceptors (Lipinski definition) is 5. The van der Waals surface area contributed by atoms with Crippen LogP contribution >= 0.6 is 11.3 Å². The molecule has 2 aromatic rings. The van der Waals surface area contributed by atoms with E-state index in [0.717, 1.165) is 22.3 Å². The number of rotatable bonds is 8. The van der Waals surface area contributed by atoms with Gasteiger partial charge in [0.25, 0.3) is 0 Å². The van der Waals surface area contributed by atoms with Crippen molar-refractivity contribution in [2.45, 2.75) is 32.0 Å². The van der Waals surface area contributed by atoms with Crippen LogP contribution in [-0.2, 0) is 19.1 Å². The van der Waals surface area contributed by atoms with E-state index < -0.39 is 11.9 Å². The van der Waals surface area contributed by atoms with Gasteiger partial charge in [-0.05, 0) is 30.4 Å². The van der Waals surface area contributed by atoms with E-state index in [9.17, 15) is 13.2 Å². The van der Waals surface area contributed by atoms with Gasteiger partial charge < -0.3 is 15.4 Å². The Bertz CT molecular complexity index is 805. The molecule has 10 heteroatoms. The van der Waals surface area contributed by atoms with Gasteiger partial charge in [-0.1, -0.05) is 0 Å². The van der Waals surface area contributed by atoms with Gasteiger partial charge in [0.15, 0.2) is 11.7 Å². The second kappa shape index (κ2) is 9.22. The molecule has 1 aliphatic carbocycles. The number of nitrogens with one attached hydrogen (secondary N) is 2. The number of aliphatic imine (C=N–C) groups is 1. The van der Waals surface area contributed by atoms with Gasteiger partial charge in [0.1, 0.15) is 0 Å². The van der Waals surface area contributed by atoms with Crippen LogP contribution in [0.1, 0.15) is 29.1 Å². The van der Waals surface area contributed by atoms with Gasteiger partial charge >= 0.3 is 6.18 Å². The van der Waals surface area contributed by atoms with Crippen LogP contribution in [0.5, 0.6) is 5.88 Å². The Balaban J connectivity index is 1.42. The smallest absolute Gasteiger partial charge is 0.434 e. The summed E-state index contributed by atoms with van der Waals surface area (Å²) in [5, 5.41) is 7.71. The van der Waals surface area contributed by atoms with E-state index in [0.29, 0.717) is 48.9 Å². The van der Waals surface area contributed by atoms with Crippen molar-refractivity contribution >= 4 is 17.3 Å². The molecule has 0 radical (unpaired) electrons. The van der Waals surface area contributed by atoms with Crippen LogP contribution in [0.15, 0.2) is 28.7 Å². The van der Waals surface area contributed by atoms with Gasteiger partial charge in [0.05, 0.1) is 11.6 Å². The number of aromatic nitrogens is 2. The number of alkyl halides is 3. The summed E-state index contributed by atoms with van der Waals surface area (Å²) in [7, 11) is 1.64. The van der Waals surface area contributed by atoms with Crippen LogP contribution in [-0.4, -0.2) is 36.1 Å². The number of ether oxygens (including phenoxy) is 1. The SMILES string of the molecule is CN=C(NCCc1nc(C(F)(F)F)cs1)NCc1ccnc(OCC2CC2)c1. The van der Waals surface area contributed by atoms with Gasteiger partial charge in [-0.25, -0.2) is 9.97 Å². The zero-order valence-electron chi connectivity index (χ0n) is 15.4. The van der Waals surface area contributed by atoms with Crippen LogP contribution in [0.2, 0.25) is 0 Å². The zero-order valence-corrected chi connectivity index (χ0v) is 16.2. The van der Waals surface area contributed by atoms with Gasteiger partial charge in [0, 0.05) is 44.2 Å². The molecule has 0 unspecified atom stereocenters. The summed E-state index contributed by atoms with van der Waals surface area (Å²) >= 11 is 1.01. The normalized spacial score (nSPS) is 14.8. The number of hydrogen-bond donors (Lipinski definition) is 2. The zero-order chi connectivity index (χ0) is 20.0. The fraction of sp³-hybridized carbons (Fsp3) is 0.500. The van der Waals surface area contributed by atoms with Gasteiger partial charge in [0.2, 0.25) is 5.88 Å². The lowest BCUT2D eigenvalue weighted by Gasteiger charge is -2.12. The summed E-state index contributed by atoms with van der Waals surface area (Å²) in [4.78, 5) is 11.9. The van der Waals surface area contributed by atoms with E-state index in [-0.39, 0.29) is 0 Å². The summed E-state index contributed by atoms with van der Waals surface area (Å²) in [6.45, 7) is 1.66. The highest BCUT2D eigenvalue weighted by atomic mass is 32.1. The van der Waals surface area contributed by atoms with Crippen LogP contribution in [0, 0.1) is 5.92 Å². The Hall–Kier alpha value is -2.36. The molecular formula is C18H22F3N5OS. The van der Waals surface area contributed by atoms with E-state index >= 15 is 0 Å². The molecule has 1 fully saturated rings. The fourth-order valence-electron chi connectivity index (χ4n) is 2.38. The second-order valence-corrected chi connectivity index (χ2v) is 7.43. The molecule has 0 aromatic carbocycles. The highest BCUT2D eigenvalue weighted by molar-refractivity contribution is 7.09. The first-order chi connectivity index (χ1) is 13.4. The van der Waals surface area contributed by atoms with Crippen LogP contribution < -0.4 is 15.4 Å². The maximum Gasteiger partial charge on any atom is 0.434 e. The topological polar surface area (TPSA) is 71.4 Å². The van der Waals surface area contributed by atoms with E-state index in [1.807, 2.05) is 12.1 Å². The first-order valence-electron chi connectivity index (χ1n) is 8.98. The molecule has 6 nitrogen and oxygen atoms in total. The van der Waals surface area contributed by atoms with Crippen molar-refractivity contribution in [1.82, 2.24) is 20.6 Å². The third-order valence-corrected chi connectivity index (χ3v) is 5.03. The molecule has 2 aromatic heterocycles. The van der Waals surface area contributed by atoms with Gasteiger partial charge in [-0.2, -0.15) is 13.2 Å². The largest absolute Gasteiger partial charge is 0.477 e. The Morgan fingerprint density at radius 3 is 2.86 bits per heavy atom. The van der Waals surface area contributed by atoms with Crippen molar-refractivity contribution in [3.05, 3.63) is 40.0 Å². The molecule has 1 aliphatic rings. The quantitative estimate of drug-likeness (QED) is 0.514. The predicted molar refractivity (Wildman–Crippen MR) is 101 cm³/mol. The third kappa shape index (κ3) is 6.36. The summed E-state index contributed by atoms with van der Waals surface area (Å²) in [6.07, 6.45) is 0.140. The standard InChI is InChI=1S/C18H22F3N5OS/c1-22-17(24-7-5-16-26-14(11-28-16)18(19,20)21)25-9-13-4-6-23-15(8-13)27-10-12-2-3-12/h4,6,8,11-12H,2-3,5,7,9-10H2,1H3,(H2,22,24,25). The van der Waals surface area contributed by atoms with Gasteiger partial charge in [-0.15, -0.1) is 11.3 Å². The molecule has 28 heavy (non-hydrogen) atoms. The highest BCUT2D eigenvalue weighted by Crippen LogP contribution is 2.30. The highest BCUT2D eigenvalue weighted by Gasteiger charge is 2.33. The third-order valence-electron chi connectivity index (χ3n) is 4.12. The Labute approximate surface area is 165 Å². The van der Waals surface area contributed by atoms with Crippen molar-refractivity contribution < 1.29 is 17.9 Å². The van der Waals surface area contributed by atoms with Crippen molar-refractivity contribution in [3.8, 4) is 5.88 Å². The number of pyridine rings is 1. The van der Waals surface area contributed by atoms with Crippen LogP contribution in [0.25, 0.3) is 0 Å². The van der Waals surface area contributed by atoms with Crippen molar-refractivity contribution in [2.24, 2.45) is 10.9 Å². The van der Waals surface area contributed by atoms with Crippen LogP contribution in [0.4, 0.5) is 13.2 Å².